The molecule has 2 amide bonds. The van der Waals surface area contributed by atoms with Crippen molar-refractivity contribution in [3.63, 3.8) is 0 Å². The van der Waals surface area contributed by atoms with E-state index < -0.39 is 28.5 Å². The number of amides is 2. The van der Waals surface area contributed by atoms with E-state index in [1.165, 1.54) is 24.1 Å². The second kappa shape index (κ2) is 14.0. The minimum Gasteiger partial charge on any atom is -0.497 e. The molecule has 1 N–H and O–H groups in total. The number of benzene rings is 4. The van der Waals surface area contributed by atoms with E-state index in [2.05, 4.69) is 5.32 Å². The molecule has 0 bridgehead atoms. The number of hydrogen-bond acceptors (Lipinski definition) is 5. The highest BCUT2D eigenvalue weighted by Gasteiger charge is 2.34. The first-order valence-electron chi connectivity index (χ1n) is 14.0. The smallest absolute Gasteiger partial charge is 0.264 e. The van der Waals surface area contributed by atoms with Crippen molar-refractivity contribution in [1.82, 2.24) is 10.2 Å². The number of methoxy groups -OCH3 is 1. The summed E-state index contributed by atoms with van der Waals surface area (Å²) in [4.78, 5) is 29.3. The van der Waals surface area contributed by atoms with Crippen molar-refractivity contribution in [2.75, 3.05) is 25.0 Å². The second-order valence-corrected chi connectivity index (χ2v) is 12.2. The highest BCUT2D eigenvalue weighted by Crippen LogP contribution is 2.28. The quantitative estimate of drug-likeness (QED) is 0.250. The lowest BCUT2D eigenvalue weighted by atomic mass is 10.0. The summed E-state index contributed by atoms with van der Waals surface area (Å²) in [5.41, 5.74) is 3.66. The number of ether oxygens (including phenoxy) is 1. The normalized spacial score (nSPS) is 11.8. The van der Waals surface area contributed by atoms with Gasteiger partial charge in [-0.3, -0.25) is 13.9 Å². The van der Waals surface area contributed by atoms with Crippen molar-refractivity contribution in [1.29, 1.82) is 0 Å². The molecule has 8 nitrogen and oxygen atoms in total. The molecule has 0 aliphatic heterocycles. The Bertz CT molecular complexity index is 1660. The minimum absolute atomic E-state index is 0.0626. The average molecular weight is 600 g/mol. The van der Waals surface area contributed by atoms with Gasteiger partial charge in [-0.1, -0.05) is 78.4 Å². The lowest BCUT2D eigenvalue weighted by Gasteiger charge is -2.34. The molecule has 1 atom stereocenters. The van der Waals surface area contributed by atoms with Crippen LogP contribution in [-0.4, -0.2) is 51.9 Å². The summed E-state index contributed by atoms with van der Waals surface area (Å²) in [7, 11) is -1.07. The zero-order valence-corrected chi connectivity index (χ0v) is 25.7. The number of anilines is 1. The number of nitrogens with one attached hydrogen (secondary N) is 1. The Morgan fingerprint density at radius 1 is 0.837 bits per heavy atom. The highest BCUT2D eigenvalue weighted by atomic mass is 32.2. The highest BCUT2D eigenvalue weighted by molar-refractivity contribution is 7.92. The van der Waals surface area contributed by atoms with Crippen LogP contribution in [0.15, 0.2) is 108 Å². The Morgan fingerprint density at radius 2 is 1.49 bits per heavy atom. The minimum atomic E-state index is -4.15. The van der Waals surface area contributed by atoms with Crippen LogP contribution in [0.1, 0.15) is 22.3 Å². The second-order valence-electron chi connectivity index (χ2n) is 10.3. The van der Waals surface area contributed by atoms with Crippen molar-refractivity contribution in [2.24, 2.45) is 0 Å². The first-order valence-corrected chi connectivity index (χ1v) is 15.4. The first-order chi connectivity index (χ1) is 20.6. The molecule has 0 radical (unpaired) electrons. The van der Waals surface area contributed by atoms with Crippen molar-refractivity contribution in [3.8, 4) is 5.75 Å². The van der Waals surface area contributed by atoms with Gasteiger partial charge >= 0.3 is 0 Å². The molecule has 224 valence electrons. The van der Waals surface area contributed by atoms with Gasteiger partial charge in [0.2, 0.25) is 11.8 Å². The molecule has 4 rings (SSSR count). The predicted molar refractivity (Wildman–Crippen MR) is 168 cm³/mol. The molecule has 0 unspecified atom stereocenters. The number of carbonyl (C=O) groups is 2. The summed E-state index contributed by atoms with van der Waals surface area (Å²) < 4.78 is 34.7. The molecule has 0 fully saturated rings. The molecule has 9 heteroatoms. The first kappa shape index (κ1) is 31.3. The van der Waals surface area contributed by atoms with Gasteiger partial charge in [-0.05, 0) is 60.9 Å². The van der Waals surface area contributed by atoms with E-state index in [9.17, 15) is 18.0 Å². The van der Waals surface area contributed by atoms with Gasteiger partial charge in [-0.25, -0.2) is 8.42 Å². The summed E-state index contributed by atoms with van der Waals surface area (Å²) in [6, 6.07) is 29.2. The monoisotopic (exact) mass is 599 g/mol. The fourth-order valence-corrected chi connectivity index (χ4v) is 6.51. The van der Waals surface area contributed by atoms with Crippen LogP contribution in [0.25, 0.3) is 0 Å². The van der Waals surface area contributed by atoms with Crippen LogP contribution in [0.2, 0.25) is 0 Å². The van der Waals surface area contributed by atoms with E-state index in [0.717, 1.165) is 21.0 Å². The summed E-state index contributed by atoms with van der Waals surface area (Å²) in [6.45, 7) is 3.29. The fourth-order valence-electron chi connectivity index (χ4n) is 5.01. The van der Waals surface area contributed by atoms with E-state index in [4.69, 9.17) is 4.74 Å². The topological polar surface area (TPSA) is 96.0 Å². The van der Waals surface area contributed by atoms with Crippen molar-refractivity contribution >= 4 is 27.5 Å². The Kier molecular flexibility index (Phi) is 10.2. The predicted octanol–water partition coefficient (Wildman–Crippen LogP) is 4.89. The van der Waals surface area contributed by atoms with Crippen molar-refractivity contribution in [3.05, 3.63) is 125 Å². The maximum Gasteiger partial charge on any atom is 0.264 e. The number of rotatable bonds is 12. The molecule has 0 heterocycles. The molecule has 0 aliphatic rings. The van der Waals surface area contributed by atoms with Crippen LogP contribution in [0.5, 0.6) is 5.75 Å². The fraction of sp³-hybridized carbons (Fsp3) is 0.235. The molecular weight excluding hydrogens is 562 g/mol. The summed E-state index contributed by atoms with van der Waals surface area (Å²) in [5.74, 6) is -0.274. The molecule has 0 aliphatic carbocycles. The largest absolute Gasteiger partial charge is 0.497 e. The molecule has 0 aromatic heterocycles. The lowest BCUT2D eigenvalue weighted by Crippen LogP contribution is -2.53. The summed E-state index contributed by atoms with van der Waals surface area (Å²) in [5, 5.41) is 2.70. The molecule has 4 aromatic carbocycles. The van der Waals surface area contributed by atoms with E-state index >= 15 is 0 Å². The van der Waals surface area contributed by atoms with Crippen molar-refractivity contribution in [2.45, 2.75) is 37.8 Å². The average Bonchev–Trinajstić information content (AvgIpc) is 3.02. The van der Waals surface area contributed by atoms with Crippen LogP contribution in [0.4, 0.5) is 5.69 Å². The van der Waals surface area contributed by atoms with Crippen LogP contribution in [-0.2, 0) is 32.6 Å². The third-order valence-electron chi connectivity index (χ3n) is 7.24. The lowest BCUT2D eigenvalue weighted by molar-refractivity contribution is -0.139. The van der Waals surface area contributed by atoms with Crippen LogP contribution in [0.3, 0.4) is 0 Å². The molecule has 4 aromatic rings. The number of likely N-dealkylation sites (N-methyl/N-ethyl adjacent to an activating group) is 1. The van der Waals surface area contributed by atoms with Gasteiger partial charge in [0.1, 0.15) is 18.3 Å². The maximum atomic E-state index is 14.4. The van der Waals surface area contributed by atoms with Crippen LogP contribution in [0, 0.1) is 13.8 Å². The summed E-state index contributed by atoms with van der Waals surface area (Å²) in [6.07, 6.45) is 0.241. The number of carbonyl (C=O) groups excluding carboxylic acids is 2. The standard InChI is InChI=1S/C34H37N3O5S/c1-25-18-19-31(26(2)20-25)37(43(40,41)30-16-9-6-10-17-30)24-33(38)36(23-28-14-11-15-29(21-28)42-4)32(34(39)35-3)22-27-12-7-5-8-13-27/h5-21,32H,22-24H2,1-4H3,(H,35,39)/t32-/m1/s1. The SMILES string of the molecule is CNC(=O)[C@@H](Cc1ccccc1)N(Cc1cccc(OC)c1)C(=O)CN(c1ccc(C)cc1C)S(=O)(=O)c1ccccc1. The Balaban J connectivity index is 1.81. The number of hydrogen-bond donors (Lipinski definition) is 1. The third kappa shape index (κ3) is 7.61. The molecule has 0 saturated carbocycles. The van der Waals surface area contributed by atoms with Crippen molar-refractivity contribution < 1.29 is 22.7 Å². The molecule has 0 saturated heterocycles. The van der Waals surface area contributed by atoms with E-state index in [1.807, 2.05) is 68.4 Å². The van der Waals surface area contributed by atoms with Gasteiger partial charge in [0.15, 0.2) is 0 Å². The number of nitrogens with zero attached hydrogens (tertiary/aromatic N) is 2. The molecule has 0 spiro atoms. The van der Waals surface area contributed by atoms with Gasteiger partial charge in [0.25, 0.3) is 10.0 Å². The van der Waals surface area contributed by atoms with Gasteiger partial charge in [-0.2, -0.15) is 0 Å². The van der Waals surface area contributed by atoms with Gasteiger partial charge in [0, 0.05) is 20.0 Å². The molecule has 43 heavy (non-hydrogen) atoms. The van der Waals surface area contributed by atoms with E-state index in [0.29, 0.717) is 17.0 Å². The van der Waals surface area contributed by atoms with E-state index in [1.54, 1.807) is 43.5 Å². The van der Waals surface area contributed by atoms with Crippen LogP contribution >= 0.6 is 0 Å². The number of aryl methyl sites for hydroxylation is 2. The maximum absolute atomic E-state index is 14.4. The zero-order chi connectivity index (χ0) is 31.0. The summed E-state index contributed by atoms with van der Waals surface area (Å²) >= 11 is 0. The molecular formula is C34H37N3O5S. The number of sulfonamides is 1. The van der Waals surface area contributed by atoms with E-state index in [-0.39, 0.29) is 23.8 Å². The van der Waals surface area contributed by atoms with Gasteiger partial charge < -0.3 is 15.0 Å². The Morgan fingerprint density at radius 3 is 2.12 bits per heavy atom. The Hall–Kier alpha value is -4.63. The van der Waals surface area contributed by atoms with Gasteiger partial charge in [-0.15, -0.1) is 0 Å². The third-order valence-corrected chi connectivity index (χ3v) is 9.01. The Labute approximate surface area is 254 Å². The van der Waals surface area contributed by atoms with Gasteiger partial charge in [0.05, 0.1) is 17.7 Å². The van der Waals surface area contributed by atoms with Crippen LogP contribution < -0.4 is 14.4 Å². The zero-order valence-electron chi connectivity index (χ0n) is 24.9.